The standard InChI is InChI=1S/C19H21FN2O4/c20-16-11-13(22-3-1-2-17(22)23)10-15-14(16)8-12(19(15)25)9-18(24)21-4-6-26-7-5-21/h10-12H,1-9H2. The summed E-state index contributed by atoms with van der Waals surface area (Å²) < 4.78 is 19.8. The van der Waals surface area contributed by atoms with Crippen molar-refractivity contribution in [3.8, 4) is 0 Å². The zero-order chi connectivity index (χ0) is 18.3. The van der Waals surface area contributed by atoms with Crippen LogP contribution in [0.15, 0.2) is 12.1 Å². The highest BCUT2D eigenvalue weighted by atomic mass is 19.1. The number of morpholine rings is 1. The van der Waals surface area contributed by atoms with Gasteiger partial charge in [0, 0.05) is 49.6 Å². The maximum absolute atomic E-state index is 14.6. The van der Waals surface area contributed by atoms with Gasteiger partial charge in [0.25, 0.3) is 0 Å². The Labute approximate surface area is 150 Å². The predicted octanol–water partition coefficient (Wildman–Crippen LogP) is 1.56. The van der Waals surface area contributed by atoms with Crippen molar-refractivity contribution in [1.82, 2.24) is 4.90 Å². The lowest BCUT2D eigenvalue weighted by Crippen LogP contribution is -2.41. The summed E-state index contributed by atoms with van der Waals surface area (Å²) in [5, 5.41) is 0. The minimum Gasteiger partial charge on any atom is -0.378 e. The van der Waals surface area contributed by atoms with E-state index in [1.165, 1.54) is 11.0 Å². The minimum absolute atomic E-state index is 0.0474. The zero-order valence-corrected chi connectivity index (χ0v) is 14.5. The van der Waals surface area contributed by atoms with Crippen molar-refractivity contribution < 1.29 is 23.5 Å². The second-order valence-corrected chi connectivity index (χ2v) is 7.07. The number of fused-ring (bicyclic) bond motifs is 1. The first-order valence-electron chi connectivity index (χ1n) is 9.07. The normalized spacial score (nSPS) is 22.9. The number of Topliss-reactive ketones (excluding diaryl/α,β-unsaturated/α-hetero) is 1. The van der Waals surface area contributed by atoms with Crippen LogP contribution in [0.1, 0.15) is 35.2 Å². The second kappa shape index (κ2) is 6.79. The molecule has 0 radical (unpaired) electrons. The molecule has 1 atom stereocenters. The van der Waals surface area contributed by atoms with Gasteiger partial charge in [0.2, 0.25) is 11.8 Å². The van der Waals surface area contributed by atoms with Gasteiger partial charge in [0.1, 0.15) is 5.82 Å². The second-order valence-electron chi connectivity index (χ2n) is 7.07. The highest BCUT2D eigenvalue weighted by Gasteiger charge is 2.36. The first-order chi connectivity index (χ1) is 12.5. The van der Waals surface area contributed by atoms with Crippen LogP contribution in [0.2, 0.25) is 0 Å². The van der Waals surface area contributed by atoms with Crippen molar-refractivity contribution in [3.63, 3.8) is 0 Å². The first kappa shape index (κ1) is 17.1. The number of nitrogens with zero attached hydrogens (tertiary/aromatic N) is 2. The molecule has 0 N–H and O–H groups in total. The van der Waals surface area contributed by atoms with Gasteiger partial charge in [-0.3, -0.25) is 14.4 Å². The fraction of sp³-hybridized carbons (Fsp3) is 0.526. The molecule has 1 aromatic rings. The highest BCUT2D eigenvalue weighted by molar-refractivity contribution is 6.05. The third kappa shape index (κ3) is 3.00. The molecule has 138 valence electrons. The molecule has 1 aliphatic carbocycles. The molecular formula is C19H21FN2O4. The van der Waals surface area contributed by atoms with E-state index in [-0.39, 0.29) is 30.4 Å². The molecule has 2 heterocycles. The van der Waals surface area contributed by atoms with Crippen LogP contribution in [-0.4, -0.2) is 55.3 Å². The van der Waals surface area contributed by atoms with Crippen LogP contribution >= 0.6 is 0 Å². The van der Waals surface area contributed by atoms with Crippen LogP contribution in [-0.2, 0) is 20.7 Å². The third-order valence-electron chi connectivity index (χ3n) is 5.44. The molecule has 1 aromatic carbocycles. The smallest absolute Gasteiger partial charge is 0.227 e. The van der Waals surface area contributed by atoms with E-state index < -0.39 is 11.7 Å². The minimum atomic E-state index is -0.528. The number of carbonyl (C=O) groups excluding carboxylic acids is 3. The number of ether oxygens (including phenoxy) is 1. The summed E-state index contributed by atoms with van der Waals surface area (Å²) in [6, 6.07) is 2.95. The number of amides is 2. The van der Waals surface area contributed by atoms with Crippen molar-refractivity contribution in [2.45, 2.75) is 25.7 Å². The lowest BCUT2D eigenvalue weighted by Gasteiger charge is -2.27. The van der Waals surface area contributed by atoms with E-state index in [2.05, 4.69) is 0 Å². The summed E-state index contributed by atoms with van der Waals surface area (Å²) in [4.78, 5) is 40.3. The molecule has 2 saturated heterocycles. The van der Waals surface area contributed by atoms with E-state index in [4.69, 9.17) is 4.74 Å². The summed E-state index contributed by atoms with van der Waals surface area (Å²) in [6.07, 6.45) is 1.51. The topological polar surface area (TPSA) is 66.9 Å². The maximum Gasteiger partial charge on any atom is 0.227 e. The van der Waals surface area contributed by atoms with E-state index in [1.807, 2.05) is 0 Å². The number of hydrogen-bond donors (Lipinski definition) is 0. The lowest BCUT2D eigenvalue weighted by molar-refractivity contribution is -0.136. The Morgan fingerprint density at radius 3 is 2.65 bits per heavy atom. The van der Waals surface area contributed by atoms with Gasteiger partial charge in [-0.15, -0.1) is 0 Å². The van der Waals surface area contributed by atoms with Crippen LogP contribution in [0.25, 0.3) is 0 Å². The fourth-order valence-electron chi connectivity index (χ4n) is 4.00. The molecule has 0 bridgehead atoms. The summed E-state index contributed by atoms with van der Waals surface area (Å²) in [5.41, 5.74) is 1.13. The van der Waals surface area contributed by atoms with Gasteiger partial charge in [-0.2, -0.15) is 0 Å². The number of halogens is 1. The first-order valence-corrected chi connectivity index (χ1v) is 9.07. The molecule has 2 amide bonds. The molecule has 6 nitrogen and oxygen atoms in total. The predicted molar refractivity (Wildman–Crippen MR) is 91.5 cm³/mol. The molecule has 1 unspecified atom stereocenters. The Bertz CT molecular complexity index is 773. The van der Waals surface area contributed by atoms with Crippen molar-refractivity contribution in [1.29, 1.82) is 0 Å². The monoisotopic (exact) mass is 360 g/mol. The lowest BCUT2D eigenvalue weighted by atomic mass is 10.00. The fourth-order valence-corrected chi connectivity index (χ4v) is 4.00. The summed E-state index contributed by atoms with van der Waals surface area (Å²) >= 11 is 0. The average molecular weight is 360 g/mol. The number of benzene rings is 1. The zero-order valence-electron chi connectivity index (χ0n) is 14.5. The van der Waals surface area contributed by atoms with Crippen molar-refractivity contribution >= 4 is 23.3 Å². The summed E-state index contributed by atoms with van der Waals surface area (Å²) in [6.45, 7) is 2.62. The number of ketones is 1. The van der Waals surface area contributed by atoms with Gasteiger partial charge < -0.3 is 14.5 Å². The number of rotatable bonds is 3. The third-order valence-corrected chi connectivity index (χ3v) is 5.44. The number of anilines is 1. The van der Waals surface area contributed by atoms with Crippen molar-refractivity contribution in [3.05, 3.63) is 29.1 Å². The largest absolute Gasteiger partial charge is 0.378 e. The Morgan fingerprint density at radius 2 is 1.96 bits per heavy atom. The van der Waals surface area contributed by atoms with Gasteiger partial charge in [-0.1, -0.05) is 0 Å². The summed E-state index contributed by atoms with van der Waals surface area (Å²) in [7, 11) is 0. The Kier molecular flexibility index (Phi) is 4.48. The van der Waals surface area contributed by atoms with Gasteiger partial charge in [0.15, 0.2) is 5.78 Å². The van der Waals surface area contributed by atoms with Crippen molar-refractivity contribution in [2.75, 3.05) is 37.7 Å². The molecule has 3 aliphatic rings. The SMILES string of the molecule is O=C1c2cc(N3CCCC3=O)cc(F)c2CC1CC(=O)N1CCOCC1. The Balaban J connectivity index is 1.52. The molecule has 0 saturated carbocycles. The van der Waals surface area contributed by atoms with Crippen LogP contribution < -0.4 is 4.90 Å². The van der Waals surface area contributed by atoms with E-state index in [0.29, 0.717) is 56.1 Å². The van der Waals surface area contributed by atoms with Gasteiger partial charge in [-0.25, -0.2) is 4.39 Å². The van der Waals surface area contributed by atoms with Gasteiger partial charge >= 0.3 is 0 Å². The molecule has 0 spiro atoms. The Hall–Kier alpha value is -2.28. The molecule has 2 fully saturated rings. The Morgan fingerprint density at radius 1 is 1.19 bits per heavy atom. The maximum atomic E-state index is 14.6. The van der Waals surface area contributed by atoms with E-state index in [1.54, 1.807) is 11.0 Å². The van der Waals surface area contributed by atoms with Crippen LogP contribution in [0.5, 0.6) is 0 Å². The molecule has 2 aliphatic heterocycles. The average Bonchev–Trinajstić information content (AvgIpc) is 3.20. The van der Waals surface area contributed by atoms with Crippen LogP contribution in [0.3, 0.4) is 0 Å². The molecule has 26 heavy (non-hydrogen) atoms. The van der Waals surface area contributed by atoms with E-state index >= 15 is 0 Å². The van der Waals surface area contributed by atoms with Crippen LogP contribution in [0, 0.1) is 11.7 Å². The number of carbonyl (C=O) groups is 3. The molecular weight excluding hydrogens is 339 g/mol. The van der Waals surface area contributed by atoms with Gasteiger partial charge in [-0.05, 0) is 30.5 Å². The molecule has 7 heteroatoms. The van der Waals surface area contributed by atoms with Crippen molar-refractivity contribution in [2.24, 2.45) is 5.92 Å². The van der Waals surface area contributed by atoms with E-state index in [0.717, 1.165) is 6.42 Å². The van der Waals surface area contributed by atoms with Crippen LogP contribution in [0.4, 0.5) is 10.1 Å². The van der Waals surface area contributed by atoms with Gasteiger partial charge in [0.05, 0.1) is 13.2 Å². The quantitative estimate of drug-likeness (QED) is 0.820. The molecule has 0 aromatic heterocycles. The highest BCUT2D eigenvalue weighted by Crippen LogP contribution is 2.35. The number of hydrogen-bond acceptors (Lipinski definition) is 4. The van der Waals surface area contributed by atoms with E-state index in [9.17, 15) is 18.8 Å². The molecule has 4 rings (SSSR count). The summed E-state index contributed by atoms with van der Waals surface area (Å²) in [5.74, 6) is -1.33.